The molecule has 1 amide bonds. The third-order valence-electron chi connectivity index (χ3n) is 7.66. The number of hydrogen-bond acceptors (Lipinski definition) is 7. The zero-order valence-electron chi connectivity index (χ0n) is 25.6. The Morgan fingerprint density at radius 2 is 1.52 bits per heavy atom. The second-order valence-corrected chi connectivity index (χ2v) is 12.4. The Morgan fingerprint density at radius 3 is 2.20 bits per heavy atom. The lowest BCUT2D eigenvalue weighted by Gasteiger charge is -2.54. The van der Waals surface area contributed by atoms with Crippen molar-refractivity contribution in [2.24, 2.45) is 0 Å². The van der Waals surface area contributed by atoms with E-state index in [1.165, 1.54) is 0 Å². The van der Waals surface area contributed by atoms with Crippen LogP contribution in [0.2, 0.25) is 0 Å². The topological polar surface area (TPSA) is 73.4 Å². The highest BCUT2D eigenvalue weighted by Gasteiger charge is 2.49. The van der Waals surface area contributed by atoms with Gasteiger partial charge in [-0.25, -0.2) is 4.79 Å². The summed E-state index contributed by atoms with van der Waals surface area (Å²) in [7, 11) is 0. The summed E-state index contributed by atoms with van der Waals surface area (Å²) in [5, 5.41) is 0. The van der Waals surface area contributed by atoms with Crippen LogP contribution in [0.4, 0.5) is 10.5 Å². The minimum Gasteiger partial charge on any atom is -0.473 e. The van der Waals surface area contributed by atoms with Crippen LogP contribution in [0.5, 0.6) is 11.8 Å². The van der Waals surface area contributed by atoms with Crippen LogP contribution >= 0.6 is 0 Å². The molecule has 6 rings (SSSR count). The maximum absolute atomic E-state index is 12.7. The van der Waals surface area contributed by atoms with Crippen LogP contribution in [0, 0.1) is 0 Å². The lowest BCUT2D eigenvalue weighted by atomic mass is 9.90. The number of amides is 1. The highest BCUT2D eigenvalue weighted by atomic mass is 16.6. The first-order chi connectivity index (χ1) is 21.3. The number of benzene rings is 3. The average Bonchev–Trinajstić information content (AvgIpc) is 3.02. The Labute approximate surface area is 259 Å². The molecule has 228 valence electrons. The summed E-state index contributed by atoms with van der Waals surface area (Å²) >= 11 is 0. The van der Waals surface area contributed by atoms with Gasteiger partial charge in [-0.15, -0.1) is 0 Å². The van der Waals surface area contributed by atoms with Gasteiger partial charge in [-0.2, -0.15) is 4.98 Å². The zero-order valence-corrected chi connectivity index (χ0v) is 25.6. The number of carbonyl (C=O) groups is 1. The highest BCUT2D eigenvalue weighted by Crippen LogP contribution is 2.37. The molecule has 2 aliphatic heterocycles. The van der Waals surface area contributed by atoms with Gasteiger partial charge >= 0.3 is 6.09 Å². The highest BCUT2D eigenvalue weighted by molar-refractivity contribution is 5.73. The Bertz CT molecular complexity index is 1570. The van der Waals surface area contributed by atoms with Crippen LogP contribution in [0.25, 0.3) is 11.1 Å². The number of anilines is 1. The van der Waals surface area contributed by atoms with Crippen molar-refractivity contribution in [3.05, 3.63) is 108 Å². The van der Waals surface area contributed by atoms with Crippen LogP contribution in [-0.2, 0) is 22.7 Å². The van der Waals surface area contributed by atoms with Gasteiger partial charge in [0.2, 0.25) is 11.8 Å². The first-order valence-corrected chi connectivity index (χ1v) is 15.1. The van der Waals surface area contributed by atoms with E-state index in [-0.39, 0.29) is 6.09 Å². The summed E-state index contributed by atoms with van der Waals surface area (Å²) in [4.78, 5) is 21.5. The molecule has 0 N–H and O–H groups in total. The van der Waals surface area contributed by atoms with Crippen molar-refractivity contribution in [1.29, 1.82) is 0 Å². The first-order valence-electron chi connectivity index (χ1n) is 15.1. The average molecular weight is 594 g/mol. The molecule has 44 heavy (non-hydrogen) atoms. The molecule has 0 atom stereocenters. The van der Waals surface area contributed by atoms with Crippen molar-refractivity contribution in [3.63, 3.8) is 0 Å². The predicted octanol–water partition coefficient (Wildman–Crippen LogP) is 6.73. The first kappa shape index (κ1) is 29.5. The van der Waals surface area contributed by atoms with E-state index in [0.29, 0.717) is 57.8 Å². The molecule has 1 spiro atoms. The summed E-state index contributed by atoms with van der Waals surface area (Å²) in [5.74, 6) is 1.02. The molecule has 1 aromatic heterocycles. The van der Waals surface area contributed by atoms with Gasteiger partial charge < -0.3 is 28.7 Å². The minimum atomic E-state index is -0.528. The van der Waals surface area contributed by atoms with Gasteiger partial charge in [0.05, 0.1) is 26.2 Å². The standard InChI is InChI=1S/C36H39N3O5/c1-35(2,3)44-34(40)38-19-20-43-36(24-38)25-39(26-36)30-16-10-15-29(21-30)31-17-18-32(41-22-27-11-6-4-7-12-27)37-33(31)42-23-28-13-8-5-9-14-28/h4-18,21H,19-20,22-26H2,1-3H3. The van der Waals surface area contributed by atoms with Gasteiger partial charge in [0, 0.05) is 23.9 Å². The summed E-state index contributed by atoms with van der Waals surface area (Å²) < 4.78 is 24.1. The molecule has 0 bridgehead atoms. The van der Waals surface area contributed by atoms with Gasteiger partial charge in [-0.05, 0) is 55.7 Å². The quantitative estimate of drug-likeness (QED) is 0.224. The minimum absolute atomic E-state index is 0.285. The van der Waals surface area contributed by atoms with Crippen molar-refractivity contribution in [1.82, 2.24) is 9.88 Å². The monoisotopic (exact) mass is 593 g/mol. The van der Waals surface area contributed by atoms with E-state index in [1.54, 1.807) is 4.90 Å². The van der Waals surface area contributed by atoms with E-state index in [9.17, 15) is 4.79 Å². The number of aromatic nitrogens is 1. The molecular weight excluding hydrogens is 554 g/mol. The number of pyridine rings is 1. The number of morpholine rings is 1. The Hall–Kier alpha value is -4.56. The molecule has 0 radical (unpaired) electrons. The van der Waals surface area contributed by atoms with E-state index >= 15 is 0 Å². The van der Waals surface area contributed by atoms with Crippen LogP contribution in [-0.4, -0.2) is 60.0 Å². The third kappa shape index (κ3) is 7.14. The fourth-order valence-electron chi connectivity index (χ4n) is 5.51. The van der Waals surface area contributed by atoms with Gasteiger partial charge in [0.1, 0.15) is 24.4 Å². The normalized spacial score (nSPS) is 15.9. The Kier molecular flexibility index (Phi) is 8.44. The van der Waals surface area contributed by atoms with Gasteiger partial charge in [-0.3, -0.25) is 0 Å². The molecule has 2 fully saturated rings. The van der Waals surface area contributed by atoms with E-state index < -0.39 is 11.2 Å². The maximum Gasteiger partial charge on any atom is 0.410 e. The Morgan fingerprint density at radius 1 is 0.841 bits per heavy atom. The van der Waals surface area contributed by atoms with E-state index in [2.05, 4.69) is 23.1 Å². The summed E-state index contributed by atoms with van der Waals surface area (Å²) in [6.45, 7) is 9.41. The fraction of sp³-hybridized carbons (Fsp3) is 0.333. The van der Waals surface area contributed by atoms with E-state index in [1.807, 2.05) is 99.6 Å². The summed E-state index contributed by atoms with van der Waals surface area (Å²) in [5.41, 5.74) is 4.16. The largest absolute Gasteiger partial charge is 0.473 e. The van der Waals surface area contributed by atoms with Gasteiger partial charge in [0.25, 0.3) is 0 Å². The molecule has 8 heteroatoms. The zero-order chi connectivity index (χ0) is 30.6. The van der Waals surface area contributed by atoms with Crippen molar-refractivity contribution in [3.8, 4) is 22.9 Å². The molecule has 4 aromatic rings. The number of nitrogens with zero attached hydrogens (tertiary/aromatic N) is 3. The van der Waals surface area contributed by atoms with Crippen molar-refractivity contribution in [2.75, 3.05) is 37.7 Å². The maximum atomic E-state index is 12.7. The van der Waals surface area contributed by atoms with Crippen molar-refractivity contribution >= 4 is 11.8 Å². The molecule has 3 heterocycles. The van der Waals surface area contributed by atoms with Crippen molar-refractivity contribution < 1.29 is 23.7 Å². The lowest BCUT2D eigenvalue weighted by Crippen LogP contribution is -2.71. The smallest absolute Gasteiger partial charge is 0.410 e. The lowest BCUT2D eigenvalue weighted by molar-refractivity contribution is -0.121. The van der Waals surface area contributed by atoms with Crippen LogP contribution in [0.1, 0.15) is 31.9 Å². The van der Waals surface area contributed by atoms with Crippen molar-refractivity contribution in [2.45, 2.75) is 45.2 Å². The van der Waals surface area contributed by atoms with Gasteiger partial charge in [0.15, 0.2) is 0 Å². The van der Waals surface area contributed by atoms with Crippen LogP contribution in [0.3, 0.4) is 0 Å². The molecule has 0 saturated carbocycles. The number of carbonyl (C=O) groups excluding carboxylic acids is 1. The fourth-order valence-corrected chi connectivity index (χ4v) is 5.51. The second-order valence-electron chi connectivity index (χ2n) is 12.4. The SMILES string of the molecule is CC(C)(C)OC(=O)N1CCOC2(C1)CN(c1cccc(-c3ccc(OCc4ccccc4)nc3OCc3ccccc3)c1)C2. The molecule has 8 nitrogen and oxygen atoms in total. The van der Waals surface area contributed by atoms with Crippen LogP contribution in [0.15, 0.2) is 97.1 Å². The number of rotatable bonds is 8. The predicted molar refractivity (Wildman–Crippen MR) is 170 cm³/mol. The Balaban J connectivity index is 1.18. The number of hydrogen-bond donors (Lipinski definition) is 0. The van der Waals surface area contributed by atoms with Crippen LogP contribution < -0.4 is 14.4 Å². The third-order valence-corrected chi connectivity index (χ3v) is 7.66. The molecule has 0 aliphatic carbocycles. The molecule has 2 saturated heterocycles. The van der Waals surface area contributed by atoms with Gasteiger partial charge in [-0.1, -0.05) is 72.8 Å². The number of ether oxygens (including phenoxy) is 4. The summed E-state index contributed by atoms with van der Waals surface area (Å²) in [6.07, 6.45) is -0.285. The molecule has 0 unspecified atom stereocenters. The summed E-state index contributed by atoms with van der Waals surface area (Å²) in [6, 6.07) is 32.3. The second kappa shape index (κ2) is 12.6. The molecule has 3 aromatic carbocycles. The molecule has 2 aliphatic rings. The molecular formula is C36H39N3O5. The van der Waals surface area contributed by atoms with E-state index in [4.69, 9.17) is 23.9 Å². The van der Waals surface area contributed by atoms with E-state index in [0.717, 1.165) is 27.9 Å².